The van der Waals surface area contributed by atoms with E-state index >= 15 is 0 Å². The Labute approximate surface area is 207 Å². The van der Waals surface area contributed by atoms with Crippen molar-refractivity contribution in [1.82, 2.24) is 4.57 Å². The quantitative estimate of drug-likeness (QED) is 0.266. The minimum Gasteiger partial charge on any atom is -0.367 e. The molecule has 4 aromatic carbocycles. The van der Waals surface area contributed by atoms with Gasteiger partial charge in [0.25, 0.3) is 0 Å². The lowest BCUT2D eigenvalue weighted by Gasteiger charge is -2.29. The average molecular weight is 455 g/mol. The number of benzene rings is 4. The molecule has 0 saturated heterocycles. The molecule has 1 aliphatic heterocycles. The van der Waals surface area contributed by atoms with Crippen LogP contribution in [0.1, 0.15) is 25.0 Å². The van der Waals surface area contributed by atoms with Crippen LogP contribution in [0.15, 0.2) is 115 Å². The zero-order valence-electron chi connectivity index (χ0n) is 20.5. The summed E-state index contributed by atoms with van der Waals surface area (Å²) in [6, 6.07) is 39.3. The molecule has 0 radical (unpaired) electrons. The second-order valence-electron chi connectivity index (χ2n) is 9.97. The van der Waals surface area contributed by atoms with Crippen LogP contribution in [0.2, 0.25) is 0 Å². The Morgan fingerprint density at radius 1 is 0.714 bits per heavy atom. The number of fused-ring (bicyclic) bond motifs is 2. The maximum Gasteiger partial charge on any atom is 0.0613 e. The van der Waals surface area contributed by atoms with Crippen molar-refractivity contribution in [3.8, 4) is 16.9 Å². The third-order valence-electron chi connectivity index (χ3n) is 7.56. The minimum absolute atomic E-state index is 0.0204. The van der Waals surface area contributed by atoms with Crippen LogP contribution in [-0.2, 0) is 5.41 Å². The Kier molecular flexibility index (Phi) is 5.11. The normalized spacial score (nSPS) is 16.8. The van der Waals surface area contributed by atoms with E-state index in [2.05, 4.69) is 152 Å². The Hall–Kier alpha value is -4.04. The molecule has 1 aromatic heterocycles. The van der Waals surface area contributed by atoms with E-state index in [-0.39, 0.29) is 11.5 Å². The third-order valence-corrected chi connectivity index (χ3v) is 7.56. The number of para-hydroxylation sites is 3. The lowest BCUT2D eigenvalue weighted by molar-refractivity contribution is 0.489. The van der Waals surface area contributed by atoms with Crippen molar-refractivity contribution in [3.05, 3.63) is 126 Å². The highest BCUT2D eigenvalue weighted by molar-refractivity contribution is 5.99. The van der Waals surface area contributed by atoms with Crippen LogP contribution in [0, 0.1) is 0 Å². The Morgan fingerprint density at radius 3 is 2.09 bits per heavy atom. The van der Waals surface area contributed by atoms with Crippen LogP contribution >= 0.6 is 0 Å². The number of likely N-dealkylation sites (N-methyl/N-ethyl adjacent to an activating group) is 1. The Morgan fingerprint density at radius 2 is 1.34 bits per heavy atom. The van der Waals surface area contributed by atoms with E-state index in [1.807, 2.05) is 0 Å². The number of aromatic nitrogens is 1. The largest absolute Gasteiger partial charge is 0.367 e. The van der Waals surface area contributed by atoms with Crippen LogP contribution in [-0.4, -0.2) is 17.7 Å². The van der Waals surface area contributed by atoms with Gasteiger partial charge in [0, 0.05) is 34.8 Å². The number of rotatable bonds is 4. The van der Waals surface area contributed by atoms with Gasteiger partial charge >= 0.3 is 0 Å². The number of anilines is 1. The van der Waals surface area contributed by atoms with Gasteiger partial charge in [0.15, 0.2) is 0 Å². The first-order chi connectivity index (χ1) is 17.1. The molecule has 35 heavy (non-hydrogen) atoms. The summed E-state index contributed by atoms with van der Waals surface area (Å²) in [5.41, 5.74) is 8.85. The molecule has 1 atom stereocenters. The van der Waals surface area contributed by atoms with Crippen LogP contribution in [0.4, 0.5) is 5.69 Å². The molecule has 2 heteroatoms. The zero-order valence-corrected chi connectivity index (χ0v) is 20.5. The predicted molar refractivity (Wildman–Crippen MR) is 149 cm³/mol. The molecule has 5 aromatic rings. The molecule has 1 aliphatic rings. The summed E-state index contributed by atoms with van der Waals surface area (Å²) >= 11 is 0. The first-order valence-corrected chi connectivity index (χ1v) is 12.3. The van der Waals surface area contributed by atoms with Gasteiger partial charge in [-0.05, 0) is 35.4 Å². The van der Waals surface area contributed by atoms with Crippen LogP contribution < -0.4 is 4.90 Å². The molecule has 0 amide bonds. The summed E-state index contributed by atoms with van der Waals surface area (Å²) in [6.07, 6.45) is 4.77. The standard InChI is InChI=1S/C33H30N2/c1-33(2)28-19-11-13-21-30(28)34(3)31(33)23-22-27-26-18-10-12-20-29(26)35(25-16-8-5-9-17-25)32(27)24-14-6-4-7-15-24/h4-23,31H,1-3H3. The molecule has 0 saturated carbocycles. The lowest BCUT2D eigenvalue weighted by Crippen LogP contribution is -2.37. The van der Waals surface area contributed by atoms with E-state index in [0.29, 0.717) is 0 Å². The SMILES string of the molecule is CN1c2ccccc2C(C)(C)C1C=Cc1c(-c2ccccc2)n(-c2ccccc2)c2ccccc12. The van der Waals surface area contributed by atoms with Gasteiger partial charge in [0.2, 0.25) is 0 Å². The minimum atomic E-state index is 0.0204. The number of hydrogen-bond donors (Lipinski definition) is 0. The van der Waals surface area contributed by atoms with Crippen molar-refractivity contribution in [2.45, 2.75) is 25.3 Å². The lowest BCUT2D eigenvalue weighted by atomic mass is 9.80. The topological polar surface area (TPSA) is 8.17 Å². The van der Waals surface area contributed by atoms with Gasteiger partial charge in [-0.2, -0.15) is 0 Å². The summed E-state index contributed by atoms with van der Waals surface area (Å²) in [4.78, 5) is 2.42. The van der Waals surface area contributed by atoms with Crippen molar-refractivity contribution in [2.75, 3.05) is 11.9 Å². The average Bonchev–Trinajstić information content (AvgIpc) is 3.33. The van der Waals surface area contributed by atoms with Gasteiger partial charge < -0.3 is 9.47 Å². The van der Waals surface area contributed by atoms with E-state index < -0.39 is 0 Å². The fraction of sp³-hybridized carbons (Fsp3) is 0.152. The highest BCUT2D eigenvalue weighted by Gasteiger charge is 2.41. The monoisotopic (exact) mass is 454 g/mol. The smallest absolute Gasteiger partial charge is 0.0613 e. The highest BCUT2D eigenvalue weighted by atomic mass is 15.2. The van der Waals surface area contributed by atoms with Gasteiger partial charge in [-0.15, -0.1) is 0 Å². The maximum atomic E-state index is 2.42. The van der Waals surface area contributed by atoms with Crippen molar-refractivity contribution in [2.24, 2.45) is 0 Å². The van der Waals surface area contributed by atoms with E-state index in [1.54, 1.807) is 0 Å². The summed E-state index contributed by atoms with van der Waals surface area (Å²) in [5.74, 6) is 0. The molecule has 6 rings (SSSR count). The maximum absolute atomic E-state index is 2.42. The first kappa shape index (κ1) is 21.5. The summed E-state index contributed by atoms with van der Waals surface area (Å²) in [7, 11) is 2.22. The third kappa shape index (κ3) is 3.40. The Balaban J connectivity index is 1.58. The van der Waals surface area contributed by atoms with Crippen molar-refractivity contribution in [1.29, 1.82) is 0 Å². The summed E-state index contributed by atoms with van der Waals surface area (Å²) < 4.78 is 2.41. The molecule has 0 bridgehead atoms. The van der Waals surface area contributed by atoms with Gasteiger partial charge in [-0.25, -0.2) is 0 Å². The predicted octanol–water partition coefficient (Wildman–Crippen LogP) is 8.11. The molecule has 2 heterocycles. The summed E-state index contributed by atoms with van der Waals surface area (Å²) in [5, 5.41) is 1.27. The van der Waals surface area contributed by atoms with Gasteiger partial charge in [0.05, 0.1) is 17.3 Å². The second kappa shape index (κ2) is 8.32. The van der Waals surface area contributed by atoms with Crippen molar-refractivity contribution < 1.29 is 0 Å². The van der Waals surface area contributed by atoms with E-state index in [4.69, 9.17) is 0 Å². The molecule has 172 valence electrons. The second-order valence-corrected chi connectivity index (χ2v) is 9.97. The van der Waals surface area contributed by atoms with E-state index in [0.717, 1.165) is 0 Å². The van der Waals surface area contributed by atoms with E-state index in [9.17, 15) is 0 Å². The molecular weight excluding hydrogens is 424 g/mol. The number of hydrogen-bond acceptors (Lipinski definition) is 1. The van der Waals surface area contributed by atoms with Crippen LogP contribution in [0.25, 0.3) is 33.9 Å². The molecular formula is C33H30N2. The van der Waals surface area contributed by atoms with Gasteiger partial charge in [0.1, 0.15) is 0 Å². The molecule has 1 unspecified atom stereocenters. The molecule has 0 aliphatic carbocycles. The highest BCUT2D eigenvalue weighted by Crippen LogP contribution is 2.45. The fourth-order valence-corrected chi connectivity index (χ4v) is 5.84. The summed E-state index contributed by atoms with van der Waals surface area (Å²) in [6.45, 7) is 4.71. The Bertz CT molecular complexity index is 1520. The molecule has 0 N–H and O–H groups in total. The van der Waals surface area contributed by atoms with Gasteiger partial charge in [-0.1, -0.05) is 111 Å². The fourth-order valence-electron chi connectivity index (χ4n) is 5.84. The van der Waals surface area contributed by atoms with Crippen molar-refractivity contribution in [3.63, 3.8) is 0 Å². The van der Waals surface area contributed by atoms with Crippen LogP contribution in [0.5, 0.6) is 0 Å². The van der Waals surface area contributed by atoms with Crippen LogP contribution in [0.3, 0.4) is 0 Å². The zero-order chi connectivity index (χ0) is 24.0. The first-order valence-electron chi connectivity index (χ1n) is 12.3. The van der Waals surface area contributed by atoms with Gasteiger partial charge in [-0.3, -0.25) is 0 Å². The number of nitrogens with zero attached hydrogens (tertiary/aromatic N) is 2. The molecule has 0 fully saturated rings. The molecule has 0 spiro atoms. The van der Waals surface area contributed by atoms with Crippen molar-refractivity contribution >= 4 is 22.7 Å². The van der Waals surface area contributed by atoms with E-state index in [1.165, 1.54) is 44.7 Å². The molecule has 2 nitrogen and oxygen atoms in total.